The summed E-state index contributed by atoms with van der Waals surface area (Å²) in [5.74, 6) is -2.62. The number of carbonyl (C=O) groups is 4. The second kappa shape index (κ2) is 10.7. The van der Waals surface area contributed by atoms with Crippen molar-refractivity contribution in [1.29, 1.82) is 0 Å². The van der Waals surface area contributed by atoms with E-state index in [9.17, 15) is 24.3 Å². The fourth-order valence-electron chi connectivity index (χ4n) is 10.5. The van der Waals surface area contributed by atoms with Crippen molar-refractivity contribution < 1.29 is 48.0 Å². The molecule has 242 valence electrons. The van der Waals surface area contributed by atoms with E-state index in [0.29, 0.717) is 19.3 Å². The largest absolute Gasteiger partial charge is 0.462 e. The zero-order valence-corrected chi connectivity index (χ0v) is 26.1. The molecule has 1 spiro atoms. The van der Waals surface area contributed by atoms with Crippen molar-refractivity contribution in [2.45, 2.75) is 102 Å². The molecule has 2 aliphatic heterocycles. The van der Waals surface area contributed by atoms with Crippen LogP contribution in [0.25, 0.3) is 0 Å². The zero-order chi connectivity index (χ0) is 31.8. The zero-order valence-electron chi connectivity index (χ0n) is 26.1. The number of cyclic esters (lactones) is 1. The maximum Gasteiger partial charge on any atom is 0.417 e. The number of hydrogen-bond donors (Lipinski definition) is 1. The van der Waals surface area contributed by atoms with Crippen LogP contribution < -0.4 is 0 Å². The number of fused-ring (bicyclic) bond motifs is 3. The highest BCUT2D eigenvalue weighted by molar-refractivity contribution is 6.29. The highest BCUT2D eigenvalue weighted by Gasteiger charge is 2.85. The maximum absolute atomic E-state index is 12.6. The Morgan fingerprint density at radius 2 is 1.69 bits per heavy atom. The lowest BCUT2D eigenvalue weighted by molar-refractivity contribution is -0.232. The van der Waals surface area contributed by atoms with Crippen LogP contribution in [-0.4, -0.2) is 65.1 Å². The van der Waals surface area contributed by atoms with Gasteiger partial charge in [0.25, 0.3) is 0 Å². The molecule has 1 unspecified atom stereocenters. The Balaban J connectivity index is 1.07. The second-order valence-corrected chi connectivity index (χ2v) is 14.6. The van der Waals surface area contributed by atoms with E-state index in [2.05, 4.69) is 13.8 Å². The average molecular weight is 623 g/mol. The fourth-order valence-corrected chi connectivity index (χ4v) is 10.5. The van der Waals surface area contributed by atoms with Gasteiger partial charge in [-0.2, -0.15) is 0 Å². The van der Waals surface area contributed by atoms with E-state index in [0.717, 1.165) is 24.8 Å². The van der Waals surface area contributed by atoms with Gasteiger partial charge in [0.05, 0.1) is 12.2 Å². The first-order valence-corrected chi connectivity index (χ1v) is 16.3. The number of aliphatic hydroxyl groups is 1. The highest BCUT2D eigenvalue weighted by atomic mass is 16.7. The third-order valence-corrected chi connectivity index (χ3v) is 12.6. The molecule has 4 saturated carbocycles. The van der Waals surface area contributed by atoms with Crippen molar-refractivity contribution >= 4 is 23.9 Å². The number of ether oxygens (including phenoxy) is 5. The third-order valence-electron chi connectivity index (χ3n) is 12.6. The molecule has 11 atom stereocenters. The summed E-state index contributed by atoms with van der Waals surface area (Å²) in [6, 6.07) is 9.12. The number of esters is 4. The third kappa shape index (κ3) is 4.57. The molecule has 4 aliphatic carbocycles. The first kappa shape index (κ1) is 30.4. The summed E-state index contributed by atoms with van der Waals surface area (Å²) in [5, 5.41) is 12.2. The van der Waals surface area contributed by atoms with Crippen molar-refractivity contribution in [2.75, 3.05) is 6.61 Å². The first-order valence-electron chi connectivity index (χ1n) is 16.3. The van der Waals surface area contributed by atoms with E-state index < -0.39 is 40.8 Å². The van der Waals surface area contributed by atoms with Gasteiger partial charge in [-0.1, -0.05) is 50.3 Å². The van der Waals surface area contributed by atoms with Crippen LogP contribution in [0.15, 0.2) is 42.5 Å². The van der Waals surface area contributed by atoms with Gasteiger partial charge in [-0.15, -0.1) is 0 Å². The molecule has 1 N–H and O–H groups in total. The molecule has 1 aromatic carbocycles. The van der Waals surface area contributed by atoms with Gasteiger partial charge in [0.15, 0.2) is 0 Å². The van der Waals surface area contributed by atoms with Gasteiger partial charge in [0.1, 0.15) is 30.5 Å². The summed E-state index contributed by atoms with van der Waals surface area (Å²) < 4.78 is 28.8. The molecular formula is C35H42O10. The molecule has 7 rings (SSSR count). The summed E-state index contributed by atoms with van der Waals surface area (Å²) in [5.41, 5.74) is -1.56. The Labute approximate surface area is 262 Å². The van der Waals surface area contributed by atoms with Crippen LogP contribution in [0.2, 0.25) is 0 Å². The lowest BCUT2D eigenvalue weighted by Gasteiger charge is -2.64. The maximum atomic E-state index is 12.6. The molecule has 0 radical (unpaired) electrons. The smallest absolute Gasteiger partial charge is 0.417 e. The molecule has 0 aromatic heterocycles. The van der Waals surface area contributed by atoms with Gasteiger partial charge in [-0.3, -0.25) is 4.79 Å². The molecule has 0 bridgehead atoms. The van der Waals surface area contributed by atoms with Gasteiger partial charge < -0.3 is 28.8 Å². The van der Waals surface area contributed by atoms with Crippen molar-refractivity contribution in [3.63, 3.8) is 0 Å². The van der Waals surface area contributed by atoms with Crippen LogP contribution in [0.4, 0.5) is 0 Å². The normalized spacial score (nSPS) is 44.3. The van der Waals surface area contributed by atoms with Crippen LogP contribution in [0.5, 0.6) is 0 Å². The molecule has 1 aromatic rings. The predicted octanol–water partition coefficient (Wildman–Crippen LogP) is 3.82. The lowest BCUT2D eigenvalue weighted by Crippen LogP contribution is -2.65. The first-order chi connectivity index (χ1) is 21.4. The lowest BCUT2D eigenvalue weighted by atomic mass is 9.42. The summed E-state index contributed by atoms with van der Waals surface area (Å²) >= 11 is 0. The van der Waals surface area contributed by atoms with E-state index in [4.69, 9.17) is 23.7 Å². The van der Waals surface area contributed by atoms with Gasteiger partial charge >= 0.3 is 23.9 Å². The SMILES string of the molecule is CC(=O)O[C@H]1[C@H]2O[C@]23[C@@H]2CC[C@]4(O)C[C@@H](OC(=O)C(=O)OCc5ccccc5)CC[C@]4(C)[C@H]2CC[C@]3(C)[C@H]1C1C=CC(=O)OC1. The van der Waals surface area contributed by atoms with Crippen LogP contribution in [0, 0.1) is 34.5 Å². The topological polar surface area (TPSA) is 138 Å². The molecular weight excluding hydrogens is 580 g/mol. The number of carbonyl (C=O) groups excluding carboxylic acids is 4. The Morgan fingerprint density at radius 1 is 0.956 bits per heavy atom. The number of epoxide rings is 1. The standard InChI is InChI=1S/C35H42O10/c1-20(36)43-28-27(22-9-10-26(37)41-19-22)33(3)15-12-24-25(35(33)29(28)45-35)13-16-34(40)17-23(11-14-32(24,34)2)44-31(39)30(38)42-18-21-7-5-4-6-8-21/h4-10,22-25,27-29,40H,11-19H2,1-3H3/t22?,23-,24-,25+,27-,28+,29+,32+,33+,34-,35+/m0/s1. The van der Waals surface area contributed by atoms with Gasteiger partial charge in [-0.25, -0.2) is 14.4 Å². The van der Waals surface area contributed by atoms with E-state index in [1.807, 2.05) is 24.3 Å². The quantitative estimate of drug-likeness (QED) is 0.223. The van der Waals surface area contributed by atoms with E-state index in [-0.39, 0.29) is 66.8 Å². The van der Waals surface area contributed by atoms with Crippen molar-refractivity contribution in [2.24, 2.45) is 34.5 Å². The molecule has 1 saturated heterocycles. The minimum atomic E-state index is -1.08. The van der Waals surface area contributed by atoms with Crippen LogP contribution in [0.1, 0.15) is 71.3 Å². The Kier molecular flexibility index (Phi) is 7.20. The van der Waals surface area contributed by atoms with Crippen molar-refractivity contribution in [3.05, 3.63) is 48.0 Å². The number of benzene rings is 1. The molecule has 0 amide bonds. The Bertz CT molecular complexity index is 1420. The van der Waals surface area contributed by atoms with Gasteiger partial charge in [0.2, 0.25) is 0 Å². The van der Waals surface area contributed by atoms with Gasteiger partial charge in [-0.05, 0) is 61.3 Å². The molecule has 2 heterocycles. The minimum absolute atomic E-state index is 0.0182. The molecule has 5 fully saturated rings. The molecule has 10 heteroatoms. The van der Waals surface area contributed by atoms with Gasteiger partial charge in [0, 0.05) is 36.7 Å². The second-order valence-electron chi connectivity index (χ2n) is 14.6. The fraction of sp³-hybridized carbons (Fsp3) is 0.657. The minimum Gasteiger partial charge on any atom is -0.462 e. The monoisotopic (exact) mass is 622 g/mol. The van der Waals surface area contributed by atoms with Crippen molar-refractivity contribution in [3.8, 4) is 0 Å². The summed E-state index contributed by atoms with van der Waals surface area (Å²) in [7, 11) is 0. The average Bonchev–Trinajstić information content (AvgIpc) is 3.71. The van der Waals surface area contributed by atoms with Crippen LogP contribution in [-0.2, 0) is 49.5 Å². The molecule has 45 heavy (non-hydrogen) atoms. The van der Waals surface area contributed by atoms with E-state index >= 15 is 0 Å². The molecule has 10 nitrogen and oxygen atoms in total. The summed E-state index contributed by atoms with van der Waals surface area (Å²) in [6.45, 7) is 6.06. The predicted molar refractivity (Wildman–Crippen MR) is 157 cm³/mol. The van der Waals surface area contributed by atoms with Crippen molar-refractivity contribution in [1.82, 2.24) is 0 Å². The van der Waals surface area contributed by atoms with E-state index in [1.54, 1.807) is 12.1 Å². The highest BCUT2D eigenvalue weighted by Crippen LogP contribution is 2.78. The number of hydrogen-bond acceptors (Lipinski definition) is 10. The number of rotatable bonds is 5. The Hall–Kier alpha value is -3.24. The summed E-state index contributed by atoms with van der Waals surface area (Å²) in [6.07, 6.45) is 6.46. The Morgan fingerprint density at radius 3 is 2.40 bits per heavy atom. The molecule has 6 aliphatic rings. The van der Waals surface area contributed by atoms with Crippen LogP contribution in [0.3, 0.4) is 0 Å². The van der Waals surface area contributed by atoms with E-state index in [1.165, 1.54) is 13.0 Å². The van der Waals surface area contributed by atoms with Crippen LogP contribution >= 0.6 is 0 Å². The summed E-state index contributed by atoms with van der Waals surface area (Å²) in [4.78, 5) is 49.1.